The lowest BCUT2D eigenvalue weighted by Crippen LogP contribution is -2.22. The number of esters is 1. The van der Waals surface area contributed by atoms with Crippen molar-refractivity contribution >= 4 is 41.6 Å². The monoisotopic (exact) mass is 481 g/mol. The minimum Gasteiger partial charge on any atom is -0.496 e. The summed E-state index contributed by atoms with van der Waals surface area (Å²) in [5.74, 6) is 0.364. The number of guanidine groups is 1. The first-order chi connectivity index (χ1) is 12.6. The molecule has 0 aromatic heterocycles. The second-order valence-corrected chi connectivity index (χ2v) is 6.19. The third kappa shape index (κ3) is 5.12. The number of rotatable bonds is 5. The maximum atomic E-state index is 11.7. The van der Waals surface area contributed by atoms with E-state index in [4.69, 9.17) is 15.2 Å². The summed E-state index contributed by atoms with van der Waals surface area (Å²) in [4.78, 5) is 16.1. The van der Waals surface area contributed by atoms with Crippen LogP contribution < -0.4 is 15.8 Å². The SMILES string of the molecule is COC(=O)c1ccc(CN=C(N)Nc2ccc3c(c2)CCC3)cc1OC.I. The van der Waals surface area contributed by atoms with Crippen molar-refractivity contribution in [1.82, 2.24) is 0 Å². The molecule has 3 rings (SSSR count). The fourth-order valence-corrected chi connectivity index (χ4v) is 3.13. The molecular formula is C20H24IN3O3. The Labute approximate surface area is 176 Å². The van der Waals surface area contributed by atoms with E-state index in [0.29, 0.717) is 23.8 Å². The summed E-state index contributed by atoms with van der Waals surface area (Å²) in [6.45, 7) is 0.377. The van der Waals surface area contributed by atoms with Crippen molar-refractivity contribution in [3.8, 4) is 5.75 Å². The highest BCUT2D eigenvalue weighted by Gasteiger charge is 2.13. The van der Waals surface area contributed by atoms with Crippen LogP contribution in [0.25, 0.3) is 0 Å². The highest BCUT2D eigenvalue weighted by atomic mass is 127. The Morgan fingerprint density at radius 1 is 1.15 bits per heavy atom. The zero-order valence-corrected chi connectivity index (χ0v) is 17.8. The largest absolute Gasteiger partial charge is 0.496 e. The topological polar surface area (TPSA) is 85.9 Å². The normalized spacial score (nSPS) is 12.7. The molecule has 2 aromatic carbocycles. The molecule has 144 valence electrons. The van der Waals surface area contributed by atoms with E-state index in [-0.39, 0.29) is 24.0 Å². The van der Waals surface area contributed by atoms with E-state index in [1.165, 1.54) is 31.8 Å². The molecule has 2 aromatic rings. The molecule has 27 heavy (non-hydrogen) atoms. The average molecular weight is 481 g/mol. The average Bonchev–Trinajstić information content (AvgIpc) is 3.13. The fraction of sp³-hybridized carbons (Fsp3) is 0.300. The molecule has 0 aliphatic heterocycles. The number of ether oxygens (including phenoxy) is 2. The standard InChI is InChI=1S/C20H23N3O3.HI/c1-25-18-10-13(6-9-17(18)19(24)26-2)12-22-20(21)23-16-8-7-14-4-3-5-15(14)11-16;/h6-11H,3-5,12H2,1-2H3,(H3,21,22,23);1H. The number of methoxy groups -OCH3 is 2. The van der Waals surface area contributed by atoms with E-state index in [2.05, 4.69) is 22.4 Å². The number of nitrogens with one attached hydrogen (secondary N) is 1. The van der Waals surface area contributed by atoms with Gasteiger partial charge in [0.15, 0.2) is 5.96 Å². The van der Waals surface area contributed by atoms with Gasteiger partial charge in [-0.05, 0) is 60.2 Å². The molecule has 0 bridgehead atoms. The molecule has 6 nitrogen and oxygen atoms in total. The Bertz CT molecular complexity index is 852. The summed E-state index contributed by atoms with van der Waals surface area (Å²) in [5.41, 5.74) is 11.0. The molecule has 0 amide bonds. The first kappa shape index (κ1) is 21.0. The van der Waals surface area contributed by atoms with E-state index >= 15 is 0 Å². The van der Waals surface area contributed by atoms with Gasteiger partial charge in [0.2, 0.25) is 0 Å². The molecular weight excluding hydrogens is 457 g/mol. The molecule has 0 fully saturated rings. The molecule has 0 unspecified atom stereocenters. The van der Waals surface area contributed by atoms with Crippen molar-refractivity contribution in [2.24, 2.45) is 10.7 Å². The smallest absolute Gasteiger partial charge is 0.341 e. The summed E-state index contributed by atoms with van der Waals surface area (Å²) in [7, 11) is 2.85. The predicted octanol–water partition coefficient (Wildman–Crippen LogP) is 3.52. The van der Waals surface area contributed by atoms with E-state index in [1.807, 2.05) is 6.07 Å². The van der Waals surface area contributed by atoms with Crippen molar-refractivity contribution in [2.75, 3.05) is 19.5 Å². The first-order valence-corrected chi connectivity index (χ1v) is 8.54. The van der Waals surface area contributed by atoms with Gasteiger partial charge in [0.1, 0.15) is 11.3 Å². The lowest BCUT2D eigenvalue weighted by molar-refractivity contribution is 0.0597. The number of halogens is 1. The Balaban J connectivity index is 0.00000261. The summed E-state index contributed by atoms with van der Waals surface area (Å²) in [6.07, 6.45) is 3.49. The Morgan fingerprint density at radius 2 is 1.93 bits per heavy atom. The van der Waals surface area contributed by atoms with Gasteiger partial charge < -0.3 is 20.5 Å². The van der Waals surface area contributed by atoms with E-state index < -0.39 is 5.97 Å². The lowest BCUT2D eigenvalue weighted by Gasteiger charge is -2.10. The maximum Gasteiger partial charge on any atom is 0.341 e. The van der Waals surface area contributed by atoms with Gasteiger partial charge >= 0.3 is 5.97 Å². The number of hydrogen-bond acceptors (Lipinski definition) is 4. The van der Waals surface area contributed by atoms with Crippen LogP contribution in [-0.4, -0.2) is 26.1 Å². The molecule has 0 saturated carbocycles. The van der Waals surface area contributed by atoms with Gasteiger partial charge in [0.25, 0.3) is 0 Å². The van der Waals surface area contributed by atoms with Crippen LogP contribution in [0.4, 0.5) is 5.69 Å². The fourth-order valence-electron chi connectivity index (χ4n) is 3.13. The van der Waals surface area contributed by atoms with Crippen molar-refractivity contribution in [3.05, 3.63) is 58.7 Å². The summed E-state index contributed by atoms with van der Waals surface area (Å²) in [6, 6.07) is 11.5. The van der Waals surface area contributed by atoms with Crippen LogP contribution in [0.2, 0.25) is 0 Å². The zero-order valence-electron chi connectivity index (χ0n) is 15.5. The number of carbonyl (C=O) groups is 1. The van der Waals surface area contributed by atoms with Crippen LogP contribution in [0.15, 0.2) is 41.4 Å². The van der Waals surface area contributed by atoms with Crippen LogP contribution in [0.3, 0.4) is 0 Å². The number of fused-ring (bicyclic) bond motifs is 1. The molecule has 0 atom stereocenters. The number of aliphatic imine (C=N–C) groups is 1. The highest BCUT2D eigenvalue weighted by Crippen LogP contribution is 2.25. The van der Waals surface area contributed by atoms with Gasteiger partial charge in [0, 0.05) is 5.69 Å². The van der Waals surface area contributed by atoms with E-state index in [0.717, 1.165) is 24.1 Å². The van der Waals surface area contributed by atoms with Crippen molar-refractivity contribution < 1.29 is 14.3 Å². The van der Waals surface area contributed by atoms with Gasteiger partial charge in [-0.1, -0.05) is 12.1 Å². The molecule has 1 aliphatic rings. The van der Waals surface area contributed by atoms with Gasteiger partial charge in [-0.25, -0.2) is 9.79 Å². The minimum atomic E-state index is -0.435. The van der Waals surface area contributed by atoms with Crippen molar-refractivity contribution in [3.63, 3.8) is 0 Å². The van der Waals surface area contributed by atoms with Gasteiger partial charge in [-0.15, -0.1) is 24.0 Å². The Kier molecular flexibility index (Phi) is 7.46. The van der Waals surface area contributed by atoms with Crippen molar-refractivity contribution in [2.45, 2.75) is 25.8 Å². The zero-order chi connectivity index (χ0) is 18.5. The second-order valence-electron chi connectivity index (χ2n) is 6.19. The summed E-state index contributed by atoms with van der Waals surface area (Å²) >= 11 is 0. The van der Waals surface area contributed by atoms with Crippen LogP contribution in [0.5, 0.6) is 5.75 Å². The van der Waals surface area contributed by atoms with Gasteiger partial charge in [-0.2, -0.15) is 0 Å². The molecule has 0 spiro atoms. The van der Waals surface area contributed by atoms with Crippen LogP contribution in [-0.2, 0) is 24.1 Å². The number of carbonyl (C=O) groups excluding carboxylic acids is 1. The van der Waals surface area contributed by atoms with E-state index in [1.54, 1.807) is 18.2 Å². The third-order valence-corrected chi connectivity index (χ3v) is 4.47. The van der Waals surface area contributed by atoms with E-state index in [9.17, 15) is 4.79 Å². The van der Waals surface area contributed by atoms with Gasteiger partial charge in [-0.3, -0.25) is 0 Å². The molecule has 0 heterocycles. The number of hydrogen-bond donors (Lipinski definition) is 2. The lowest BCUT2D eigenvalue weighted by atomic mass is 10.1. The summed E-state index contributed by atoms with van der Waals surface area (Å²) < 4.78 is 10.00. The molecule has 7 heteroatoms. The van der Waals surface area contributed by atoms with Crippen LogP contribution >= 0.6 is 24.0 Å². The first-order valence-electron chi connectivity index (χ1n) is 8.54. The quantitative estimate of drug-likeness (QED) is 0.296. The minimum absolute atomic E-state index is 0. The van der Waals surface area contributed by atoms with Crippen LogP contribution in [0, 0.1) is 0 Å². The Morgan fingerprint density at radius 3 is 2.67 bits per heavy atom. The highest BCUT2D eigenvalue weighted by molar-refractivity contribution is 14.0. The number of nitrogens with zero attached hydrogens (tertiary/aromatic N) is 1. The number of nitrogens with two attached hydrogens (primary N) is 1. The van der Waals surface area contributed by atoms with Gasteiger partial charge in [0.05, 0.1) is 20.8 Å². The van der Waals surface area contributed by atoms with Crippen LogP contribution in [0.1, 0.15) is 33.5 Å². The maximum absolute atomic E-state index is 11.7. The second kappa shape index (κ2) is 9.59. The number of benzene rings is 2. The molecule has 0 saturated heterocycles. The molecule has 3 N–H and O–H groups in total. The molecule has 0 radical (unpaired) electrons. The Hall–Kier alpha value is -2.29. The number of aryl methyl sites for hydroxylation is 2. The predicted molar refractivity (Wildman–Crippen MR) is 117 cm³/mol. The summed E-state index contributed by atoms with van der Waals surface area (Å²) in [5, 5.41) is 3.13. The number of anilines is 1. The molecule has 1 aliphatic carbocycles. The van der Waals surface area contributed by atoms with Crippen molar-refractivity contribution in [1.29, 1.82) is 0 Å². The third-order valence-electron chi connectivity index (χ3n) is 4.47.